The molecule has 0 saturated carbocycles. The van der Waals surface area contributed by atoms with E-state index in [4.69, 9.17) is 12.2 Å². The Morgan fingerprint density at radius 2 is 1.81 bits per heavy atom. The van der Waals surface area contributed by atoms with Crippen molar-refractivity contribution in [3.05, 3.63) is 53.6 Å². The van der Waals surface area contributed by atoms with Gasteiger partial charge in [0.15, 0.2) is 5.11 Å². The van der Waals surface area contributed by atoms with Gasteiger partial charge in [0.1, 0.15) is 0 Å². The number of thiocarbonyl (C=S) groups is 1. The fourth-order valence-electron chi connectivity index (χ4n) is 1.89. The molecule has 0 saturated heterocycles. The smallest absolute Gasteiger partial charge is 0.170 e. The second kappa shape index (κ2) is 7.48. The Balaban J connectivity index is 2.05. The van der Waals surface area contributed by atoms with E-state index in [2.05, 4.69) is 66.9 Å². The zero-order valence-corrected chi connectivity index (χ0v) is 14.2. The molecule has 21 heavy (non-hydrogen) atoms. The van der Waals surface area contributed by atoms with Crippen molar-refractivity contribution in [2.75, 3.05) is 11.9 Å². The van der Waals surface area contributed by atoms with Gasteiger partial charge in [-0.3, -0.25) is 0 Å². The van der Waals surface area contributed by atoms with Gasteiger partial charge in [0.2, 0.25) is 0 Å². The zero-order valence-electron chi connectivity index (χ0n) is 12.6. The summed E-state index contributed by atoms with van der Waals surface area (Å²) in [4.78, 5) is 2.53. The number of nitrogens with one attached hydrogen (secondary N) is 2. The lowest BCUT2D eigenvalue weighted by molar-refractivity contribution is 0.979. The Hall–Kier alpha value is -1.52. The third-order valence-corrected chi connectivity index (χ3v) is 4.43. The van der Waals surface area contributed by atoms with Gasteiger partial charge in [0, 0.05) is 22.0 Å². The van der Waals surface area contributed by atoms with Crippen LogP contribution in [0.5, 0.6) is 0 Å². The fraction of sp³-hybridized carbons (Fsp3) is 0.235. The SMILES string of the molecule is CCNC(=S)Nc1ccc(Sc2cc(C)ccc2C)cc1. The van der Waals surface area contributed by atoms with E-state index in [0.717, 1.165) is 12.2 Å². The van der Waals surface area contributed by atoms with Gasteiger partial charge in [-0.25, -0.2) is 0 Å². The molecule has 0 amide bonds. The number of hydrogen-bond acceptors (Lipinski definition) is 2. The maximum Gasteiger partial charge on any atom is 0.170 e. The van der Waals surface area contributed by atoms with Crippen LogP contribution in [0.2, 0.25) is 0 Å². The van der Waals surface area contributed by atoms with Crippen molar-refractivity contribution in [3.63, 3.8) is 0 Å². The van der Waals surface area contributed by atoms with Gasteiger partial charge in [0.05, 0.1) is 0 Å². The van der Waals surface area contributed by atoms with E-state index in [0.29, 0.717) is 5.11 Å². The summed E-state index contributed by atoms with van der Waals surface area (Å²) in [5.74, 6) is 0. The Kier molecular flexibility index (Phi) is 5.65. The summed E-state index contributed by atoms with van der Waals surface area (Å²) in [5, 5.41) is 6.90. The molecule has 2 rings (SSSR count). The molecule has 2 aromatic carbocycles. The minimum absolute atomic E-state index is 0.660. The molecule has 0 atom stereocenters. The third kappa shape index (κ3) is 4.76. The highest BCUT2D eigenvalue weighted by Gasteiger charge is 2.02. The van der Waals surface area contributed by atoms with Gasteiger partial charge in [-0.1, -0.05) is 23.9 Å². The first-order valence-corrected chi connectivity index (χ1v) is 8.21. The van der Waals surface area contributed by atoms with Crippen LogP contribution in [0.3, 0.4) is 0 Å². The molecule has 0 radical (unpaired) electrons. The number of hydrogen-bond donors (Lipinski definition) is 2. The van der Waals surface area contributed by atoms with Crippen LogP contribution in [0.4, 0.5) is 5.69 Å². The number of anilines is 1. The molecule has 0 aliphatic carbocycles. The topological polar surface area (TPSA) is 24.1 Å². The van der Waals surface area contributed by atoms with E-state index < -0.39 is 0 Å². The second-order valence-electron chi connectivity index (χ2n) is 4.88. The lowest BCUT2D eigenvalue weighted by Gasteiger charge is -2.10. The van der Waals surface area contributed by atoms with Crippen LogP contribution in [0.25, 0.3) is 0 Å². The maximum atomic E-state index is 5.18. The lowest BCUT2D eigenvalue weighted by Crippen LogP contribution is -2.27. The second-order valence-corrected chi connectivity index (χ2v) is 6.40. The van der Waals surface area contributed by atoms with Crippen LogP contribution in [-0.2, 0) is 0 Å². The quantitative estimate of drug-likeness (QED) is 0.794. The molecule has 0 aromatic heterocycles. The average molecular weight is 316 g/mol. The van der Waals surface area contributed by atoms with Crippen molar-refractivity contribution in [1.82, 2.24) is 5.32 Å². The summed E-state index contributed by atoms with van der Waals surface area (Å²) in [6, 6.07) is 14.9. The van der Waals surface area contributed by atoms with Crippen LogP contribution in [0.1, 0.15) is 18.1 Å². The van der Waals surface area contributed by atoms with E-state index >= 15 is 0 Å². The molecular weight excluding hydrogens is 296 g/mol. The molecule has 0 fully saturated rings. The predicted molar refractivity (Wildman–Crippen MR) is 96.4 cm³/mol. The highest BCUT2D eigenvalue weighted by Crippen LogP contribution is 2.31. The molecule has 0 aliphatic heterocycles. The molecule has 0 unspecified atom stereocenters. The summed E-state index contributed by atoms with van der Waals surface area (Å²) < 4.78 is 0. The third-order valence-electron chi connectivity index (χ3n) is 3.02. The summed E-state index contributed by atoms with van der Waals surface area (Å²) in [6.07, 6.45) is 0. The van der Waals surface area contributed by atoms with Gasteiger partial charge in [-0.2, -0.15) is 0 Å². The highest BCUT2D eigenvalue weighted by molar-refractivity contribution is 7.99. The maximum absolute atomic E-state index is 5.18. The first-order chi connectivity index (χ1) is 10.1. The van der Waals surface area contributed by atoms with Crippen LogP contribution >= 0.6 is 24.0 Å². The van der Waals surface area contributed by atoms with Crippen molar-refractivity contribution in [2.45, 2.75) is 30.6 Å². The van der Waals surface area contributed by atoms with Crippen LogP contribution in [0, 0.1) is 13.8 Å². The number of rotatable bonds is 4. The molecule has 110 valence electrons. The minimum atomic E-state index is 0.660. The summed E-state index contributed by atoms with van der Waals surface area (Å²) in [6.45, 7) is 7.12. The Labute approximate surface area is 136 Å². The van der Waals surface area contributed by atoms with Gasteiger partial charge in [-0.15, -0.1) is 0 Å². The molecule has 0 bridgehead atoms. The summed E-state index contributed by atoms with van der Waals surface area (Å²) >= 11 is 6.97. The van der Waals surface area contributed by atoms with Crippen molar-refractivity contribution in [3.8, 4) is 0 Å². The van der Waals surface area contributed by atoms with E-state index in [1.165, 1.54) is 20.9 Å². The van der Waals surface area contributed by atoms with E-state index in [1.54, 1.807) is 11.8 Å². The summed E-state index contributed by atoms with van der Waals surface area (Å²) in [7, 11) is 0. The molecule has 4 heteroatoms. The van der Waals surface area contributed by atoms with Crippen LogP contribution < -0.4 is 10.6 Å². The van der Waals surface area contributed by atoms with E-state index in [1.807, 2.05) is 6.92 Å². The zero-order chi connectivity index (χ0) is 15.2. The largest absolute Gasteiger partial charge is 0.363 e. The molecular formula is C17H20N2S2. The van der Waals surface area contributed by atoms with Gasteiger partial charge >= 0.3 is 0 Å². The lowest BCUT2D eigenvalue weighted by atomic mass is 10.2. The summed E-state index contributed by atoms with van der Waals surface area (Å²) in [5.41, 5.74) is 3.60. The van der Waals surface area contributed by atoms with Gasteiger partial charge in [0.25, 0.3) is 0 Å². The molecule has 0 heterocycles. The van der Waals surface area contributed by atoms with Crippen molar-refractivity contribution in [1.29, 1.82) is 0 Å². The monoisotopic (exact) mass is 316 g/mol. The Morgan fingerprint density at radius 3 is 2.48 bits per heavy atom. The normalized spacial score (nSPS) is 10.2. The first kappa shape index (κ1) is 15.9. The molecule has 0 aliphatic rings. The minimum Gasteiger partial charge on any atom is -0.363 e. The first-order valence-electron chi connectivity index (χ1n) is 6.98. The fourth-order valence-corrected chi connectivity index (χ4v) is 3.15. The standard InChI is InChI=1S/C17H20N2S2/c1-4-18-17(20)19-14-7-9-15(10-8-14)21-16-11-12(2)5-6-13(16)3/h5-11H,4H2,1-3H3,(H2,18,19,20). The van der Waals surface area contributed by atoms with Crippen molar-refractivity contribution >= 4 is 34.8 Å². The number of aryl methyl sites for hydroxylation is 2. The molecule has 2 N–H and O–H groups in total. The van der Waals surface area contributed by atoms with Crippen molar-refractivity contribution < 1.29 is 0 Å². The Morgan fingerprint density at radius 1 is 1.10 bits per heavy atom. The molecule has 0 spiro atoms. The van der Waals surface area contributed by atoms with Gasteiger partial charge < -0.3 is 10.6 Å². The molecule has 2 aromatic rings. The van der Waals surface area contributed by atoms with E-state index in [-0.39, 0.29) is 0 Å². The van der Waals surface area contributed by atoms with E-state index in [9.17, 15) is 0 Å². The number of benzene rings is 2. The predicted octanol–water partition coefficient (Wildman–Crippen LogP) is 4.76. The van der Waals surface area contributed by atoms with Crippen LogP contribution in [-0.4, -0.2) is 11.7 Å². The highest BCUT2D eigenvalue weighted by atomic mass is 32.2. The molecule has 2 nitrogen and oxygen atoms in total. The van der Waals surface area contributed by atoms with Crippen LogP contribution in [0.15, 0.2) is 52.3 Å². The Bertz CT molecular complexity index is 621. The van der Waals surface area contributed by atoms with Crippen molar-refractivity contribution in [2.24, 2.45) is 0 Å². The average Bonchev–Trinajstić information content (AvgIpc) is 2.45. The van der Waals surface area contributed by atoms with Gasteiger partial charge in [-0.05, 0) is 74.4 Å².